The number of anilines is 1. The Bertz CT molecular complexity index is 1560. The van der Waals surface area contributed by atoms with Gasteiger partial charge < -0.3 is 15.5 Å². The van der Waals surface area contributed by atoms with Crippen molar-refractivity contribution in [2.75, 3.05) is 5.32 Å². The van der Waals surface area contributed by atoms with Gasteiger partial charge in [-0.2, -0.15) is 13.2 Å². The number of aromatic nitrogens is 7. The number of aliphatic hydroxyl groups excluding tert-OH is 1. The van der Waals surface area contributed by atoms with Crippen LogP contribution in [0.15, 0.2) is 53.7 Å². The van der Waals surface area contributed by atoms with Gasteiger partial charge in [0.05, 0.1) is 6.54 Å². The van der Waals surface area contributed by atoms with Gasteiger partial charge in [0.15, 0.2) is 23.6 Å². The van der Waals surface area contributed by atoms with Crippen molar-refractivity contribution in [1.82, 2.24) is 34.1 Å². The smallest absolute Gasteiger partial charge is 0.382 e. The molecule has 0 aliphatic heterocycles. The first-order valence-electron chi connectivity index (χ1n) is 11.9. The zero-order chi connectivity index (χ0) is 29.2. The van der Waals surface area contributed by atoms with E-state index in [2.05, 4.69) is 25.5 Å². The lowest BCUT2D eigenvalue weighted by Crippen LogP contribution is -2.39. The molecule has 0 spiro atoms. The van der Waals surface area contributed by atoms with E-state index in [1.165, 1.54) is 48.4 Å². The Morgan fingerprint density at radius 3 is 2.50 bits per heavy atom. The minimum absolute atomic E-state index is 0.0625. The number of carbonyl (C=O) groups is 1. The fourth-order valence-corrected chi connectivity index (χ4v) is 3.62. The average molecular weight is 581 g/mol. The van der Waals surface area contributed by atoms with Crippen LogP contribution in [-0.2, 0) is 17.9 Å². The lowest BCUT2D eigenvalue weighted by molar-refractivity contribution is -0.207. The second-order valence-electron chi connectivity index (χ2n) is 9.00. The Kier molecular flexibility index (Phi) is 8.09. The number of nitrogens with zero attached hydrogens (tertiary/aromatic N) is 7. The largest absolute Gasteiger partial charge is 0.416 e. The monoisotopic (exact) mass is 580 g/mol. The molecule has 4 aromatic rings. The first-order chi connectivity index (χ1) is 18.8. The van der Waals surface area contributed by atoms with E-state index >= 15 is 0 Å². The van der Waals surface area contributed by atoms with E-state index < -0.39 is 36.0 Å². The van der Waals surface area contributed by atoms with Gasteiger partial charge in [-0.15, -0.1) is 10.2 Å². The second-order valence-corrected chi connectivity index (χ2v) is 9.43. The standard InChI is InChI=1S/C24H24ClF3N8O4/c1-3-23(2,40)21(38)31-19-16(5-4-10-29-19)36-13-30-18(32-36)12-35-22(39)34(11-17(37)24(26,27)28)20(33-35)14-6-8-15(25)9-7-14/h4-10,13,17,37,40H,3,11-12H2,1-2H3,(H,29,31,38)/t17-,23?/m0/s1. The number of pyridine rings is 1. The lowest BCUT2D eigenvalue weighted by atomic mass is 10.0. The molecule has 0 saturated carbocycles. The van der Waals surface area contributed by atoms with Gasteiger partial charge in [-0.3, -0.25) is 9.36 Å². The number of alkyl halides is 3. The number of carbonyl (C=O) groups excluding carboxylic acids is 1. The highest BCUT2D eigenvalue weighted by Gasteiger charge is 2.39. The third-order valence-corrected chi connectivity index (χ3v) is 6.28. The normalized spacial score (nSPS) is 14.1. The Hall–Kier alpha value is -4.08. The lowest BCUT2D eigenvalue weighted by Gasteiger charge is -2.20. The predicted molar refractivity (Wildman–Crippen MR) is 137 cm³/mol. The van der Waals surface area contributed by atoms with Crippen LogP contribution in [-0.4, -0.2) is 68.1 Å². The zero-order valence-corrected chi connectivity index (χ0v) is 21.9. The molecule has 3 heterocycles. The molecule has 12 nitrogen and oxygen atoms in total. The van der Waals surface area contributed by atoms with Crippen molar-refractivity contribution in [2.45, 2.75) is 51.2 Å². The van der Waals surface area contributed by atoms with E-state index in [4.69, 9.17) is 11.6 Å². The summed E-state index contributed by atoms with van der Waals surface area (Å²) < 4.78 is 42.1. The highest BCUT2D eigenvalue weighted by atomic mass is 35.5. The first-order valence-corrected chi connectivity index (χ1v) is 12.3. The molecule has 0 aliphatic carbocycles. The summed E-state index contributed by atoms with van der Waals surface area (Å²) in [6.45, 7) is 1.60. The number of nitrogens with one attached hydrogen (secondary N) is 1. The van der Waals surface area contributed by atoms with Crippen LogP contribution in [0.5, 0.6) is 0 Å². The summed E-state index contributed by atoms with van der Waals surface area (Å²) >= 11 is 5.91. The fraction of sp³-hybridized carbons (Fsp3) is 0.333. The van der Waals surface area contributed by atoms with Crippen LogP contribution in [0, 0.1) is 0 Å². The summed E-state index contributed by atoms with van der Waals surface area (Å²) in [6.07, 6.45) is -4.89. The van der Waals surface area contributed by atoms with Crippen LogP contribution in [0.3, 0.4) is 0 Å². The number of benzene rings is 1. The number of aliphatic hydroxyl groups is 2. The summed E-state index contributed by atoms with van der Waals surface area (Å²) in [6, 6.07) is 9.09. The highest BCUT2D eigenvalue weighted by molar-refractivity contribution is 6.30. The Morgan fingerprint density at radius 1 is 1.15 bits per heavy atom. The number of halogens is 4. The van der Waals surface area contributed by atoms with Gasteiger partial charge in [0.2, 0.25) is 0 Å². The predicted octanol–water partition coefficient (Wildman–Crippen LogP) is 2.41. The van der Waals surface area contributed by atoms with Crippen molar-refractivity contribution in [3.05, 3.63) is 70.3 Å². The van der Waals surface area contributed by atoms with Crippen molar-refractivity contribution in [3.63, 3.8) is 0 Å². The molecule has 16 heteroatoms. The minimum Gasteiger partial charge on any atom is -0.382 e. The molecule has 1 aromatic carbocycles. The van der Waals surface area contributed by atoms with Gasteiger partial charge in [-0.05, 0) is 49.7 Å². The number of rotatable bonds is 9. The van der Waals surface area contributed by atoms with Gasteiger partial charge in [0, 0.05) is 16.8 Å². The highest BCUT2D eigenvalue weighted by Crippen LogP contribution is 2.24. The molecule has 4 rings (SSSR count). The van der Waals surface area contributed by atoms with Crippen LogP contribution in [0.2, 0.25) is 5.02 Å². The SMILES string of the molecule is CCC(C)(O)C(=O)Nc1ncccc1-n1cnc(Cn2nc(-c3ccc(Cl)cc3)n(C[C@H](O)C(F)(F)F)c2=O)n1. The summed E-state index contributed by atoms with van der Waals surface area (Å²) in [5.41, 5.74) is -1.97. The van der Waals surface area contributed by atoms with Gasteiger partial charge in [-0.25, -0.2) is 24.1 Å². The molecule has 2 atom stereocenters. The van der Waals surface area contributed by atoms with E-state index in [1.54, 1.807) is 19.1 Å². The molecule has 212 valence electrons. The topological polar surface area (TPSA) is 153 Å². The maximum Gasteiger partial charge on any atom is 0.416 e. The molecule has 1 unspecified atom stereocenters. The molecule has 0 saturated heterocycles. The summed E-state index contributed by atoms with van der Waals surface area (Å²) in [5.74, 6) is -0.648. The zero-order valence-electron chi connectivity index (χ0n) is 21.2. The Balaban J connectivity index is 1.66. The molecule has 0 fully saturated rings. The first kappa shape index (κ1) is 28.9. The second kappa shape index (κ2) is 11.2. The van der Waals surface area contributed by atoms with Crippen LogP contribution in [0.4, 0.5) is 19.0 Å². The molecular formula is C24H24ClF3N8O4. The van der Waals surface area contributed by atoms with Gasteiger partial charge in [0.25, 0.3) is 5.91 Å². The Morgan fingerprint density at radius 2 is 1.85 bits per heavy atom. The van der Waals surface area contributed by atoms with E-state index in [9.17, 15) is 33.0 Å². The molecule has 0 radical (unpaired) electrons. The van der Waals surface area contributed by atoms with Gasteiger partial charge >= 0.3 is 11.9 Å². The van der Waals surface area contributed by atoms with Crippen LogP contribution >= 0.6 is 11.6 Å². The van der Waals surface area contributed by atoms with Crippen LogP contribution in [0.25, 0.3) is 17.1 Å². The molecule has 3 aromatic heterocycles. The van der Waals surface area contributed by atoms with Crippen molar-refractivity contribution in [3.8, 4) is 17.1 Å². The average Bonchev–Trinajstić information content (AvgIpc) is 3.49. The van der Waals surface area contributed by atoms with E-state index in [0.717, 1.165) is 4.68 Å². The van der Waals surface area contributed by atoms with Crippen LogP contribution in [0.1, 0.15) is 26.1 Å². The number of amides is 1. The number of hydrogen-bond acceptors (Lipinski definition) is 8. The van der Waals surface area contributed by atoms with E-state index in [-0.39, 0.29) is 30.4 Å². The minimum atomic E-state index is -4.96. The summed E-state index contributed by atoms with van der Waals surface area (Å²) in [7, 11) is 0. The maximum absolute atomic E-state index is 13.1. The van der Waals surface area contributed by atoms with E-state index in [1.807, 2.05) is 0 Å². The molecule has 40 heavy (non-hydrogen) atoms. The quantitative estimate of drug-likeness (QED) is 0.273. The fourth-order valence-electron chi connectivity index (χ4n) is 3.50. The van der Waals surface area contributed by atoms with Crippen molar-refractivity contribution < 1.29 is 28.2 Å². The van der Waals surface area contributed by atoms with Gasteiger partial charge in [0.1, 0.15) is 24.2 Å². The summed E-state index contributed by atoms with van der Waals surface area (Å²) in [5, 5.41) is 31.2. The molecule has 3 N–H and O–H groups in total. The summed E-state index contributed by atoms with van der Waals surface area (Å²) in [4.78, 5) is 33.8. The third-order valence-electron chi connectivity index (χ3n) is 6.03. The Labute approximate surface area is 229 Å². The van der Waals surface area contributed by atoms with E-state index in [0.29, 0.717) is 20.8 Å². The molecule has 0 aliphatic rings. The van der Waals surface area contributed by atoms with Gasteiger partial charge in [-0.1, -0.05) is 18.5 Å². The molecular weight excluding hydrogens is 557 g/mol. The van der Waals surface area contributed by atoms with Crippen molar-refractivity contribution in [1.29, 1.82) is 0 Å². The van der Waals surface area contributed by atoms with Crippen molar-refractivity contribution >= 4 is 23.3 Å². The molecule has 0 bridgehead atoms. The van der Waals surface area contributed by atoms with Crippen molar-refractivity contribution in [2.24, 2.45) is 0 Å². The third kappa shape index (κ3) is 6.21. The number of hydrogen-bond donors (Lipinski definition) is 3. The molecule has 1 amide bonds. The van der Waals surface area contributed by atoms with Crippen LogP contribution < -0.4 is 11.0 Å². The maximum atomic E-state index is 13.1.